The van der Waals surface area contributed by atoms with Gasteiger partial charge in [0, 0.05) is 13.1 Å². The van der Waals surface area contributed by atoms with E-state index in [4.69, 9.17) is 0 Å². The lowest BCUT2D eigenvalue weighted by Crippen LogP contribution is -2.30. The predicted octanol–water partition coefficient (Wildman–Crippen LogP) is 1.87. The summed E-state index contributed by atoms with van der Waals surface area (Å²) >= 11 is 0. The average Bonchev–Trinajstić information content (AvgIpc) is 2.43. The third-order valence-corrected chi connectivity index (χ3v) is 4.58. The lowest BCUT2D eigenvalue weighted by atomic mass is 9.99. The van der Waals surface area contributed by atoms with E-state index in [0.717, 1.165) is 13.0 Å². The fraction of sp³-hybridized carbons (Fsp3) is 0.692. The molecule has 0 fully saturated rings. The Morgan fingerprint density at radius 3 is 2.30 bits per heavy atom. The molecule has 2 N–H and O–H groups in total. The molecule has 114 valence electrons. The highest BCUT2D eigenvalue weighted by Gasteiger charge is 2.17. The van der Waals surface area contributed by atoms with Crippen LogP contribution in [0.3, 0.4) is 0 Å². The van der Waals surface area contributed by atoms with Gasteiger partial charge in [0.05, 0.1) is 12.4 Å². The van der Waals surface area contributed by atoms with Crippen molar-refractivity contribution >= 4 is 16.0 Å². The number of hydrogen-bond acceptors (Lipinski definition) is 5. The van der Waals surface area contributed by atoms with E-state index >= 15 is 0 Å². The molecule has 0 aliphatic carbocycles. The molecule has 6 nitrogen and oxygen atoms in total. The highest BCUT2D eigenvalue weighted by molar-refractivity contribution is 7.89. The fourth-order valence-electron chi connectivity index (χ4n) is 1.34. The Labute approximate surface area is 121 Å². The van der Waals surface area contributed by atoms with Crippen molar-refractivity contribution in [2.75, 3.05) is 18.4 Å². The molecule has 1 rings (SSSR count). The number of hydrogen-bond donors (Lipinski definition) is 2. The zero-order valence-electron chi connectivity index (χ0n) is 12.5. The smallest absolute Gasteiger partial charge is 0.243 e. The monoisotopic (exact) mass is 300 g/mol. The molecular formula is C13H24N4O2S. The van der Waals surface area contributed by atoms with Crippen molar-refractivity contribution in [2.24, 2.45) is 11.8 Å². The first-order chi connectivity index (χ1) is 9.36. The summed E-state index contributed by atoms with van der Waals surface area (Å²) in [6.07, 6.45) is 3.61. The van der Waals surface area contributed by atoms with Gasteiger partial charge in [-0.05, 0) is 18.3 Å². The Kier molecular flexibility index (Phi) is 6.35. The molecule has 0 radical (unpaired) electrons. The van der Waals surface area contributed by atoms with Crippen LogP contribution in [0.25, 0.3) is 0 Å². The quantitative estimate of drug-likeness (QED) is 0.765. The molecule has 0 bridgehead atoms. The number of nitrogens with one attached hydrogen (secondary N) is 2. The molecule has 0 saturated carbocycles. The molecule has 1 aromatic heterocycles. The van der Waals surface area contributed by atoms with Crippen LogP contribution in [-0.2, 0) is 10.0 Å². The highest BCUT2D eigenvalue weighted by Crippen LogP contribution is 2.11. The van der Waals surface area contributed by atoms with Crippen LogP contribution in [0.1, 0.15) is 34.1 Å². The van der Waals surface area contributed by atoms with E-state index in [0.29, 0.717) is 18.4 Å². The summed E-state index contributed by atoms with van der Waals surface area (Å²) in [5, 5.41) is 3.00. The minimum Gasteiger partial charge on any atom is -0.354 e. The maximum absolute atomic E-state index is 12.1. The van der Waals surface area contributed by atoms with Gasteiger partial charge in [-0.3, -0.25) is 0 Å². The summed E-state index contributed by atoms with van der Waals surface area (Å²) in [5.41, 5.74) is 0. The minimum absolute atomic E-state index is 0.0931. The van der Waals surface area contributed by atoms with Crippen molar-refractivity contribution < 1.29 is 8.42 Å². The Balaban J connectivity index is 2.68. The van der Waals surface area contributed by atoms with Crippen molar-refractivity contribution in [1.82, 2.24) is 14.7 Å². The van der Waals surface area contributed by atoms with Gasteiger partial charge in [0.15, 0.2) is 0 Å². The second-order valence-corrected chi connectivity index (χ2v) is 7.01. The Bertz CT molecular complexity index is 500. The predicted molar refractivity (Wildman–Crippen MR) is 80.0 cm³/mol. The highest BCUT2D eigenvalue weighted by atomic mass is 32.2. The molecule has 0 saturated heterocycles. The van der Waals surface area contributed by atoms with Crippen molar-refractivity contribution in [3.8, 4) is 0 Å². The second-order valence-electron chi connectivity index (χ2n) is 5.24. The normalized spacial score (nSPS) is 13.4. The van der Waals surface area contributed by atoms with Crippen molar-refractivity contribution in [2.45, 2.75) is 39.0 Å². The van der Waals surface area contributed by atoms with Gasteiger partial charge in [0.25, 0.3) is 0 Å². The van der Waals surface area contributed by atoms with Gasteiger partial charge in [-0.15, -0.1) is 0 Å². The van der Waals surface area contributed by atoms with Gasteiger partial charge in [0.2, 0.25) is 16.0 Å². The van der Waals surface area contributed by atoms with E-state index in [1.807, 2.05) is 13.8 Å². The molecule has 1 aromatic rings. The van der Waals surface area contributed by atoms with Crippen LogP contribution < -0.4 is 10.0 Å². The van der Waals surface area contributed by atoms with E-state index in [1.165, 1.54) is 12.4 Å². The first-order valence-electron chi connectivity index (χ1n) is 6.92. The summed E-state index contributed by atoms with van der Waals surface area (Å²) in [7, 11) is -3.53. The Morgan fingerprint density at radius 1 is 1.20 bits per heavy atom. The lowest BCUT2D eigenvalue weighted by Gasteiger charge is -2.16. The molecule has 0 aromatic carbocycles. The number of nitrogens with zero attached hydrogens (tertiary/aromatic N) is 2. The van der Waals surface area contributed by atoms with Crippen LogP contribution in [0, 0.1) is 11.8 Å². The SMILES string of the molecule is CCCNc1ncc(S(=O)(=O)NCC(C)C(C)C)cn1. The van der Waals surface area contributed by atoms with Gasteiger partial charge in [-0.2, -0.15) is 0 Å². The number of sulfonamides is 1. The Morgan fingerprint density at radius 2 is 1.80 bits per heavy atom. The standard InChI is InChI=1S/C13H24N4O2S/c1-5-6-14-13-15-8-12(9-16-13)20(18,19)17-7-11(4)10(2)3/h8-11,17H,5-7H2,1-4H3,(H,14,15,16). The fourth-order valence-corrected chi connectivity index (χ4v) is 2.38. The van der Waals surface area contributed by atoms with Crippen LogP contribution >= 0.6 is 0 Å². The number of aromatic nitrogens is 2. The molecule has 0 aliphatic rings. The summed E-state index contributed by atoms with van der Waals surface area (Å²) in [6, 6.07) is 0. The number of anilines is 1. The van der Waals surface area contributed by atoms with E-state index in [-0.39, 0.29) is 10.8 Å². The van der Waals surface area contributed by atoms with Gasteiger partial charge in [0.1, 0.15) is 4.90 Å². The summed E-state index contributed by atoms with van der Waals surface area (Å²) < 4.78 is 26.7. The lowest BCUT2D eigenvalue weighted by molar-refractivity contribution is 0.414. The van der Waals surface area contributed by atoms with Gasteiger partial charge in [-0.25, -0.2) is 23.1 Å². The molecule has 0 spiro atoms. The molecule has 1 heterocycles. The zero-order valence-corrected chi connectivity index (χ0v) is 13.4. The first kappa shape index (κ1) is 16.8. The molecular weight excluding hydrogens is 276 g/mol. The zero-order chi connectivity index (χ0) is 15.2. The molecule has 1 unspecified atom stereocenters. The molecule has 20 heavy (non-hydrogen) atoms. The third-order valence-electron chi connectivity index (χ3n) is 3.20. The van der Waals surface area contributed by atoms with E-state index in [2.05, 4.69) is 33.9 Å². The minimum atomic E-state index is -3.53. The van der Waals surface area contributed by atoms with Crippen LogP contribution in [-0.4, -0.2) is 31.5 Å². The molecule has 0 aliphatic heterocycles. The van der Waals surface area contributed by atoms with Crippen molar-refractivity contribution in [3.05, 3.63) is 12.4 Å². The molecule has 1 atom stereocenters. The largest absolute Gasteiger partial charge is 0.354 e. The average molecular weight is 300 g/mol. The maximum Gasteiger partial charge on any atom is 0.243 e. The summed E-state index contributed by atoms with van der Waals surface area (Å²) in [4.78, 5) is 8.10. The topological polar surface area (TPSA) is 84.0 Å². The molecule has 0 amide bonds. The summed E-state index contributed by atoms with van der Waals surface area (Å²) in [5.74, 6) is 1.15. The van der Waals surface area contributed by atoms with Crippen molar-refractivity contribution in [1.29, 1.82) is 0 Å². The van der Waals surface area contributed by atoms with Crippen LogP contribution in [0.15, 0.2) is 17.3 Å². The van der Waals surface area contributed by atoms with Crippen LogP contribution in [0.4, 0.5) is 5.95 Å². The van der Waals surface area contributed by atoms with E-state index < -0.39 is 10.0 Å². The van der Waals surface area contributed by atoms with Crippen LogP contribution in [0.5, 0.6) is 0 Å². The van der Waals surface area contributed by atoms with Gasteiger partial charge in [-0.1, -0.05) is 27.7 Å². The first-order valence-corrected chi connectivity index (χ1v) is 8.40. The Hall–Kier alpha value is -1.21. The maximum atomic E-state index is 12.1. The molecule has 7 heteroatoms. The summed E-state index contributed by atoms with van der Waals surface area (Å²) in [6.45, 7) is 9.35. The van der Waals surface area contributed by atoms with Gasteiger partial charge < -0.3 is 5.32 Å². The number of rotatable bonds is 8. The van der Waals surface area contributed by atoms with E-state index in [9.17, 15) is 8.42 Å². The second kappa shape index (κ2) is 7.54. The van der Waals surface area contributed by atoms with Gasteiger partial charge >= 0.3 is 0 Å². The van der Waals surface area contributed by atoms with Crippen LogP contribution in [0.2, 0.25) is 0 Å². The van der Waals surface area contributed by atoms with E-state index in [1.54, 1.807) is 0 Å². The van der Waals surface area contributed by atoms with Crippen molar-refractivity contribution in [3.63, 3.8) is 0 Å². The third kappa shape index (κ3) is 5.05.